The van der Waals surface area contributed by atoms with E-state index in [-0.39, 0.29) is 0 Å². The molecule has 2 heteroatoms. The quantitative estimate of drug-likeness (QED) is 0.719. The zero-order valence-corrected chi connectivity index (χ0v) is 13.9. The van der Waals surface area contributed by atoms with Crippen molar-refractivity contribution >= 4 is 11.3 Å². The van der Waals surface area contributed by atoms with E-state index in [2.05, 4.69) is 55.7 Å². The molecule has 0 aliphatic heterocycles. The van der Waals surface area contributed by atoms with Crippen molar-refractivity contribution in [2.75, 3.05) is 7.05 Å². The Kier molecular flexibility index (Phi) is 4.77. The topological polar surface area (TPSA) is 12.0 Å². The molecule has 1 aliphatic carbocycles. The molecule has 1 saturated carbocycles. The van der Waals surface area contributed by atoms with Gasteiger partial charge in [0.15, 0.2) is 0 Å². The smallest absolute Gasteiger partial charge is 0.0441 e. The van der Waals surface area contributed by atoms with Crippen molar-refractivity contribution in [3.63, 3.8) is 0 Å². The zero-order valence-electron chi connectivity index (χ0n) is 13.1. The van der Waals surface area contributed by atoms with Gasteiger partial charge in [0.2, 0.25) is 0 Å². The van der Waals surface area contributed by atoms with Crippen molar-refractivity contribution in [2.24, 2.45) is 5.92 Å². The lowest BCUT2D eigenvalue weighted by molar-refractivity contribution is 0.537. The molecule has 1 atom stereocenters. The van der Waals surface area contributed by atoms with Crippen LogP contribution in [0.3, 0.4) is 0 Å². The monoisotopic (exact) mass is 299 g/mol. The van der Waals surface area contributed by atoms with Crippen LogP contribution in [0.5, 0.6) is 0 Å². The fourth-order valence-corrected chi connectivity index (χ4v) is 4.15. The van der Waals surface area contributed by atoms with Crippen LogP contribution in [0.25, 0.3) is 10.4 Å². The summed E-state index contributed by atoms with van der Waals surface area (Å²) >= 11 is 1.95. The van der Waals surface area contributed by atoms with Crippen LogP contribution < -0.4 is 5.32 Å². The summed E-state index contributed by atoms with van der Waals surface area (Å²) in [7, 11) is 2.09. The number of nitrogens with one attached hydrogen (secondary N) is 1. The second-order valence-corrected chi connectivity index (χ2v) is 7.22. The molecule has 1 unspecified atom stereocenters. The molecule has 0 saturated heterocycles. The van der Waals surface area contributed by atoms with E-state index < -0.39 is 0 Å². The number of hydrogen-bond donors (Lipinski definition) is 1. The van der Waals surface area contributed by atoms with Crippen molar-refractivity contribution in [3.8, 4) is 10.4 Å². The highest BCUT2D eigenvalue weighted by atomic mass is 32.1. The van der Waals surface area contributed by atoms with E-state index in [0.717, 1.165) is 5.92 Å². The van der Waals surface area contributed by atoms with Gasteiger partial charge >= 0.3 is 0 Å². The van der Waals surface area contributed by atoms with Crippen LogP contribution in [0.2, 0.25) is 0 Å². The summed E-state index contributed by atoms with van der Waals surface area (Å²) < 4.78 is 0. The van der Waals surface area contributed by atoms with Gasteiger partial charge in [0.1, 0.15) is 0 Å². The summed E-state index contributed by atoms with van der Waals surface area (Å²) in [5.74, 6) is 0.859. The molecule has 1 aromatic carbocycles. The molecule has 0 spiro atoms. The molecule has 0 bridgehead atoms. The lowest BCUT2D eigenvalue weighted by Gasteiger charge is -2.12. The third-order valence-corrected chi connectivity index (χ3v) is 5.61. The van der Waals surface area contributed by atoms with Crippen LogP contribution in [0.15, 0.2) is 36.4 Å². The molecule has 1 N–H and O–H groups in total. The number of rotatable bonds is 7. The van der Waals surface area contributed by atoms with Crippen molar-refractivity contribution < 1.29 is 0 Å². The molecule has 112 valence electrons. The van der Waals surface area contributed by atoms with Gasteiger partial charge < -0.3 is 5.32 Å². The fraction of sp³-hybridized carbons (Fsp3) is 0.474. The van der Waals surface area contributed by atoms with Gasteiger partial charge in [-0.2, -0.15) is 0 Å². The van der Waals surface area contributed by atoms with E-state index in [1.165, 1.54) is 53.0 Å². The Bertz CT molecular complexity index is 566. The van der Waals surface area contributed by atoms with Gasteiger partial charge in [-0.15, -0.1) is 11.3 Å². The molecule has 2 aromatic rings. The summed E-state index contributed by atoms with van der Waals surface area (Å²) in [6, 6.07) is 14.3. The largest absolute Gasteiger partial charge is 0.312 e. The second-order valence-electron chi connectivity index (χ2n) is 6.11. The Balaban J connectivity index is 1.73. The fourth-order valence-electron chi connectivity index (χ4n) is 2.93. The number of benzene rings is 1. The molecule has 1 heterocycles. The summed E-state index contributed by atoms with van der Waals surface area (Å²) in [4.78, 5) is 2.89. The first-order valence-corrected chi connectivity index (χ1v) is 8.99. The van der Waals surface area contributed by atoms with E-state index in [1.807, 2.05) is 11.3 Å². The van der Waals surface area contributed by atoms with Crippen LogP contribution in [-0.4, -0.2) is 7.05 Å². The Morgan fingerprint density at radius 2 is 1.90 bits per heavy atom. The Morgan fingerprint density at radius 3 is 2.52 bits per heavy atom. The molecule has 1 aromatic heterocycles. The summed E-state index contributed by atoms with van der Waals surface area (Å²) in [6.45, 7) is 2.25. The minimum Gasteiger partial charge on any atom is -0.312 e. The summed E-state index contributed by atoms with van der Waals surface area (Å²) in [5, 5.41) is 3.49. The van der Waals surface area contributed by atoms with Gasteiger partial charge in [0.05, 0.1) is 0 Å². The number of hydrogen-bond acceptors (Lipinski definition) is 2. The van der Waals surface area contributed by atoms with Gasteiger partial charge in [0.25, 0.3) is 0 Å². The summed E-state index contributed by atoms with van der Waals surface area (Å²) in [5.41, 5.74) is 2.82. The Labute approximate surface area is 132 Å². The SMILES string of the molecule is CCCCc1ccc(-c2ccc(C(NC)C3CC3)s2)cc1. The van der Waals surface area contributed by atoms with Crippen molar-refractivity contribution in [3.05, 3.63) is 46.8 Å². The second kappa shape index (κ2) is 6.76. The predicted octanol–water partition coefficient (Wildman–Crippen LogP) is 5.43. The standard InChI is InChI=1S/C19H25NS/c1-3-4-5-14-6-8-15(9-7-14)17-12-13-18(21-17)19(20-2)16-10-11-16/h6-9,12-13,16,19-20H,3-5,10-11H2,1-2H3. The maximum absolute atomic E-state index is 3.49. The first-order chi connectivity index (χ1) is 10.3. The highest BCUT2D eigenvalue weighted by molar-refractivity contribution is 7.15. The number of unbranched alkanes of at least 4 members (excludes halogenated alkanes) is 1. The maximum Gasteiger partial charge on any atom is 0.0441 e. The van der Waals surface area contributed by atoms with Gasteiger partial charge in [-0.1, -0.05) is 37.6 Å². The highest BCUT2D eigenvalue weighted by Crippen LogP contribution is 2.44. The average Bonchev–Trinajstić information content (AvgIpc) is 3.23. The van der Waals surface area contributed by atoms with Gasteiger partial charge in [-0.3, -0.25) is 0 Å². The lowest BCUT2D eigenvalue weighted by atomic mass is 10.1. The molecular formula is C19H25NS. The molecule has 3 rings (SSSR count). The molecule has 1 fully saturated rings. The van der Waals surface area contributed by atoms with E-state index >= 15 is 0 Å². The molecule has 1 aliphatic rings. The van der Waals surface area contributed by atoms with Gasteiger partial charge in [-0.25, -0.2) is 0 Å². The van der Waals surface area contributed by atoms with E-state index in [1.54, 1.807) is 0 Å². The Hall–Kier alpha value is -1.12. The van der Waals surface area contributed by atoms with Crippen molar-refractivity contribution in [2.45, 2.75) is 45.1 Å². The van der Waals surface area contributed by atoms with E-state index in [0.29, 0.717) is 6.04 Å². The first-order valence-electron chi connectivity index (χ1n) is 8.18. The molecule has 0 amide bonds. The van der Waals surface area contributed by atoms with E-state index in [4.69, 9.17) is 0 Å². The normalized spacial score (nSPS) is 16.1. The van der Waals surface area contributed by atoms with Gasteiger partial charge in [0, 0.05) is 15.8 Å². The molecule has 21 heavy (non-hydrogen) atoms. The van der Waals surface area contributed by atoms with Crippen LogP contribution in [0.1, 0.15) is 49.1 Å². The third kappa shape index (κ3) is 3.56. The van der Waals surface area contributed by atoms with Crippen molar-refractivity contribution in [1.29, 1.82) is 0 Å². The van der Waals surface area contributed by atoms with Crippen LogP contribution in [0, 0.1) is 5.92 Å². The highest BCUT2D eigenvalue weighted by Gasteiger charge is 2.32. The van der Waals surface area contributed by atoms with Crippen LogP contribution >= 0.6 is 11.3 Å². The summed E-state index contributed by atoms with van der Waals surface area (Å²) in [6.07, 6.45) is 6.52. The molecule has 1 nitrogen and oxygen atoms in total. The Morgan fingerprint density at radius 1 is 1.14 bits per heavy atom. The zero-order chi connectivity index (χ0) is 14.7. The van der Waals surface area contributed by atoms with Crippen molar-refractivity contribution in [1.82, 2.24) is 5.32 Å². The van der Waals surface area contributed by atoms with E-state index in [9.17, 15) is 0 Å². The first kappa shape index (κ1) is 14.8. The van der Waals surface area contributed by atoms with Crippen LogP contribution in [-0.2, 0) is 6.42 Å². The lowest BCUT2D eigenvalue weighted by Crippen LogP contribution is -2.16. The molecular weight excluding hydrogens is 274 g/mol. The molecule has 0 radical (unpaired) electrons. The maximum atomic E-state index is 3.49. The predicted molar refractivity (Wildman–Crippen MR) is 92.9 cm³/mol. The van der Waals surface area contributed by atoms with Crippen LogP contribution in [0.4, 0.5) is 0 Å². The minimum absolute atomic E-state index is 0.563. The van der Waals surface area contributed by atoms with Gasteiger partial charge in [-0.05, 0) is 61.9 Å². The minimum atomic E-state index is 0.563. The average molecular weight is 299 g/mol. The number of thiophene rings is 1. The number of aryl methyl sites for hydroxylation is 1. The third-order valence-electron chi connectivity index (χ3n) is 4.40.